The third-order valence-corrected chi connectivity index (χ3v) is 6.08. The summed E-state index contributed by atoms with van der Waals surface area (Å²) in [4.78, 5) is 0. The van der Waals surface area contributed by atoms with Crippen LogP contribution < -0.4 is 4.72 Å². The molecule has 2 aromatic rings. The molecule has 1 N–H and O–H groups in total. The highest BCUT2D eigenvalue weighted by molar-refractivity contribution is 9.10. The van der Waals surface area contributed by atoms with Gasteiger partial charge in [0.2, 0.25) is 0 Å². The van der Waals surface area contributed by atoms with Crippen LogP contribution in [0.15, 0.2) is 44.4 Å². The van der Waals surface area contributed by atoms with Gasteiger partial charge < -0.3 is 0 Å². The smallest absolute Gasteiger partial charge is 0.271 e. The number of halogens is 1. The quantitative estimate of drug-likeness (QED) is 0.877. The molecule has 1 heterocycles. The van der Waals surface area contributed by atoms with Crippen LogP contribution in [0.5, 0.6) is 0 Å². The van der Waals surface area contributed by atoms with E-state index in [-0.39, 0.29) is 0 Å². The van der Waals surface area contributed by atoms with Gasteiger partial charge in [-0.05, 0) is 51.0 Å². The molecule has 1 aromatic carbocycles. The summed E-state index contributed by atoms with van der Waals surface area (Å²) in [5.41, 5.74) is 1.71. The second kappa shape index (κ2) is 5.64. The molecule has 0 bridgehead atoms. The summed E-state index contributed by atoms with van der Waals surface area (Å²) in [5.74, 6) is 0.402. The number of sulfonamides is 1. The van der Waals surface area contributed by atoms with E-state index >= 15 is 0 Å². The van der Waals surface area contributed by atoms with Crippen LogP contribution in [0.4, 0.5) is 5.69 Å². The van der Waals surface area contributed by atoms with E-state index in [0.717, 1.165) is 10.0 Å². The lowest BCUT2D eigenvalue weighted by Crippen LogP contribution is -2.11. The molecule has 0 atom stereocenters. The molecule has 0 saturated carbocycles. The van der Waals surface area contributed by atoms with E-state index in [1.165, 1.54) is 11.3 Å². The van der Waals surface area contributed by atoms with Crippen LogP contribution in [0.3, 0.4) is 0 Å². The first kappa shape index (κ1) is 14.6. The molecule has 0 spiro atoms. The lowest BCUT2D eigenvalue weighted by Gasteiger charge is -2.11. The molecule has 0 aliphatic rings. The van der Waals surface area contributed by atoms with Crippen molar-refractivity contribution in [2.24, 2.45) is 0 Å². The lowest BCUT2D eigenvalue weighted by atomic mass is 10.0. The Hall–Kier alpha value is -0.850. The van der Waals surface area contributed by atoms with E-state index in [9.17, 15) is 8.42 Å². The Morgan fingerprint density at radius 3 is 2.53 bits per heavy atom. The van der Waals surface area contributed by atoms with Crippen molar-refractivity contribution in [3.8, 4) is 0 Å². The van der Waals surface area contributed by atoms with Gasteiger partial charge in [0.15, 0.2) is 0 Å². The summed E-state index contributed by atoms with van der Waals surface area (Å²) in [6, 6.07) is 8.96. The molecule has 102 valence electrons. The Labute approximate surface area is 125 Å². The van der Waals surface area contributed by atoms with Crippen molar-refractivity contribution in [3.63, 3.8) is 0 Å². The van der Waals surface area contributed by atoms with Crippen LogP contribution in [-0.2, 0) is 10.0 Å². The lowest BCUT2D eigenvalue weighted by molar-refractivity contribution is 0.603. The fraction of sp³-hybridized carbons (Fsp3) is 0.231. The first-order valence-corrected chi connectivity index (χ1v) is 8.91. The van der Waals surface area contributed by atoms with Gasteiger partial charge in [-0.25, -0.2) is 8.42 Å². The Balaban J connectivity index is 2.30. The summed E-state index contributed by atoms with van der Waals surface area (Å²) in [6.45, 7) is 4.19. The number of thiophene rings is 1. The first-order chi connectivity index (χ1) is 8.90. The van der Waals surface area contributed by atoms with Crippen LogP contribution in [0.25, 0.3) is 0 Å². The summed E-state index contributed by atoms with van der Waals surface area (Å²) in [5, 5.41) is 1.74. The average Bonchev–Trinajstić information content (AvgIpc) is 2.85. The van der Waals surface area contributed by atoms with Gasteiger partial charge in [0.1, 0.15) is 4.21 Å². The van der Waals surface area contributed by atoms with E-state index in [1.807, 2.05) is 12.1 Å². The molecule has 0 fully saturated rings. The zero-order chi connectivity index (χ0) is 14.0. The Morgan fingerprint density at radius 2 is 2.00 bits per heavy atom. The van der Waals surface area contributed by atoms with Crippen LogP contribution >= 0.6 is 27.3 Å². The van der Waals surface area contributed by atoms with E-state index in [1.54, 1.807) is 23.6 Å². The van der Waals surface area contributed by atoms with Crippen molar-refractivity contribution in [1.29, 1.82) is 0 Å². The molecule has 6 heteroatoms. The molecule has 0 unspecified atom stereocenters. The highest BCUT2D eigenvalue weighted by Gasteiger charge is 2.16. The fourth-order valence-electron chi connectivity index (χ4n) is 1.58. The average molecular weight is 360 g/mol. The Morgan fingerprint density at radius 1 is 1.26 bits per heavy atom. The molecule has 0 amide bonds. The minimum atomic E-state index is -3.49. The van der Waals surface area contributed by atoms with Gasteiger partial charge in [0.05, 0.1) is 5.69 Å². The molecular weight excluding hydrogens is 346 g/mol. The Kier molecular flexibility index (Phi) is 4.32. The van der Waals surface area contributed by atoms with E-state index < -0.39 is 10.0 Å². The van der Waals surface area contributed by atoms with Gasteiger partial charge in [-0.3, -0.25) is 4.72 Å². The van der Waals surface area contributed by atoms with Crippen LogP contribution in [0, 0.1) is 0 Å². The number of hydrogen-bond acceptors (Lipinski definition) is 3. The molecule has 0 saturated heterocycles. The predicted molar refractivity (Wildman–Crippen MR) is 83.4 cm³/mol. The third kappa shape index (κ3) is 3.38. The number of nitrogens with one attached hydrogen (secondary N) is 1. The molecule has 0 aliphatic carbocycles. The van der Waals surface area contributed by atoms with Gasteiger partial charge in [0, 0.05) is 4.47 Å². The largest absolute Gasteiger partial charge is 0.278 e. The molecule has 2 rings (SSSR count). The topological polar surface area (TPSA) is 46.2 Å². The normalized spacial score (nSPS) is 11.8. The Bertz CT molecular complexity index is 664. The number of hydrogen-bond donors (Lipinski definition) is 1. The predicted octanol–water partition coefficient (Wildman–Crippen LogP) is 4.43. The van der Waals surface area contributed by atoms with Gasteiger partial charge >= 0.3 is 0 Å². The van der Waals surface area contributed by atoms with E-state index in [2.05, 4.69) is 34.5 Å². The van der Waals surface area contributed by atoms with E-state index in [0.29, 0.717) is 15.8 Å². The standard InChI is InChI=1S/C13H14BrNO2S2/c1-9(2)10-5-6-12(11(14)8-10)15-19(16,17)13-4-3-7-18-13/h3-9,15H,1-2H3. The molecule has 0 radical (unpaired) electrons. The van der Waals surface area contributed by atoms with Crippen molar-refractivity contribution < 1.29 is 8.42 Å². The van der Waals surface area contributed by atoms with Crippen LogP contribution in [0.2, 0.25) is 0 Å². The monoisotopic (exact) mass is 359 g/mol. The summed E-state index contributed by atoms with van der Waals surface area (Å²) < 4.78 is 27.9. The molecular formula is C13H14BrNO2S2. The molecule has 19 heavy (non-hydrogen) atoms. The number of anilines is 1. The molecule has 0 aliphatic heterocycles. The summed E-state index contributed by atoms with van der Waals surface area (Å²) in [6.07, 6.45) is 0. The van der Waals surface area contributed by atoms with Crippen LogP contribution in [-0.4, -0.2) is 8.42 Å². The van der Waals surface area contributed by atoms with Gasteiger partial charge in [-0.2, -0.15) is 0 Å². The van der Waals surface area contributed by atoms with Gasteiger partial charge in [-0.15, -0.1) is 11.3 Å². The van der Waals surface area contributed by atoms with E-state index in [4.69, 9.17) is 0 Å². The second-order valence-corrected chi connectivity index (χ2v) is 8.14. The zero-order valence-electron chi connectivity index (χ0n) is 10.6. The SMILES string of the molecule is CC(C)c1ccc(NS(=O)(=O)c2cccs2)c(Br)c1. The maximum Gasteiger partial charge on any atom is 0.271 e. The second-order valence-electron chi connectivity index (χ2n) is 4.43. The minimum absolute atomic E-state index is 0.312. The number of benzene rings is 1. The maximum absolute atomic E-state index is 12.1. The van der Waals surface area contributed by atoms with Crippen molar-refractivity contribution in [1.82, 2.24) is 0 Å². The van der Waals surface area contributed by atoms with Crippen molar-refractivity contribution in [2.45, 2.75) is 24.0 Å². The van der Waals surface area contributed by atoms with Crippen molar-refractivity contribution >= 4 is 43.0 Å². The summed E-state index contributed by atoms with van der Waals surface area (Å²) in [7, 11) is -3.49. The van der Waals surface area contributed by atoms with Crippen molar-refractivity contribution in [2.75, 3.05) is 4.72 Å². The molecule has 1 aromatic heterocycles. The first-order valence-electron chi connectivity index (χ1n) is 5.76. The number of rotatable bonds is 4. The van der Waals surface area contributed by atoms with Gasteiger partial charge in [-0.1, -0.05) is 26.0 Å². The highest BCUT2D eigenvalue weighted by Crippen LogP contribution is 2.29. The summed E-state index contributed by atoms with van der Waals surface area (Å²) >= 11 is 4.61. The van der Waals surface area contributed by atoms with Crippen LogP contribution in [0.1, 0.15) is 25.3 Å². The third-order valence-electron chi connectivity index (χ3n) is 2.66. The molecule has 3 nitrogen and oxygen atoms in total. The maximum atomic E-state index is 12.1. The fourth-order valence-corrected chi connectivity index (χ4v) is 4.28. The zero-order valence-corrected chi connectivity index (χ0v) is 13.8. The minimum Gasteiger partial charge on any atom is -0.278 e. The van der Waals surface area contributed by atoms with Gasteiger partial charge in [0.25, 0.3) is 10.0 Å². The highest BCUT2D eigenvalue weighted by atomic mass is 79.9. The van der Waals surface area contributed by atoms with Crippen molar-refractivity contribution in [3.05, 3.63) is 45.7 Å².